The number of rotatable bonds is 4. The molecule has 0 saturated carbocycles. The molecule has 0 saturated heterocycles. The lowest BCUT2D eigenvalue weighted by Gasteiger charge is -2.15. The molecule has 1 unspecified atom stereocenters. The van der Waals surface area contributed by atoms with Crippen LogP contribution in [-0.2, 0) is 19.1 Å². The largest absolute Gasteiger partial charge is 0.465 e. The summed E-state index contributed by atoms with van der Waals surface area (Å²) in [6.07, 6.45) is 0. The standard InChI is InChI=1S/C18H22O4/c1-6-21-17(19)15-12(5)14-11(4)10(3)8-9-13(14)16(15)18(20)22-7-2/h8-9,16H,6-7H2,1-5H3. The summed E-state index contributed by atoms with van der Waals surface area (Å²) in [5, 5.41) is 0. The Labute approximate surface area is 131 Å². The molecule has 0 fully saturated rings. The zero-order valence-corrected chi connectivity index (χ0v) is 13.8. The number of aryl methyl sites for hydroxylation is 1. The molecule has 0 amide bonds. The van der Waals surface area contributed by atoms with E-state index in [-0.39, 0.29) is 13.2 Å². The summed E-state index contributed by atoms with van der Waals surface area (Å²) >= 11 is 0. The van der Waals surface area contributed by atoms with Crippen LogP contribution in [-0.4, -0.2) is 25.2 Å². The number of benzene rings is 1. The number of carbonyl (C=O) groups excluding carboxylic acids is 2. The van der Waals surface area contributed by atoms with E-state index in [4.69, 9.17) is 9.47 Å². The average Bonchev–Trinajstić information content (AvgIpc) is 2.77. The zero-order chi connectivity index (χ0) is 16.4. The average molecular weight is 302 g/mol. The van der Waals surface area contributed by atoms with Crippen LogP contribution in [0, 0.1) is 13.8 Å². The molecule has 1 atom stereocenters. The van der Waals surface area contributed by atoms with E-state index in [0.29, 0.717) is 5.57 Å². The lowest BCUT2D eigenvalue weighted by Crippen LogP contribution is -2.21. The molecule has 0 heterocycles. The van der Waals surface area contributed by atoms with Crippen molar-refractivity contribution in [1.82, 2.24) is 0 Å². The van der Waals surface area contributed by atoms with Gasteiger partial charge in [-0.3, -0.25) is 4.79 Å². The fourth-order valence-electron chi connectivity index (χ4n) is 3.03. The highest BCUT2D eigenvalue weighted by atomic mass is 16.5. The van der Waals surface area contributed by atoms with Crippen molar-refractivity contribution in [2.75, 3.05) is 13.2 Å². The molecule has 1 aromatic rings. The number of ether oxygens (including phenoxy) is 2. The number of allylic oxidation sites excluding steroid dienone is 1. The molecule has 0 aliphatic heterocycles. The molecule has 4 heteroatoms. The van der Waals surface area contributed by atoms with Crippen LogP contribution in [0.2, 0.25) is 0 Å². The second-order valence-corrected chi connectivity index (χ2v) is 5.42. The summed E-state index contributed by atoms with van der Waals surface area (Å²) in [5.74, 6) is -1.52. The number of hydrogen-bond donors (Lipinski definition) is 0. The van der Waals surface area contributed by atoms with E-state index in [2.05, 4.69) is 0 Å². The first-order chi connectivity index (χ1) is 10.4. The van der Waals surface area contributed by atoms with Crippen LogP contribution in [0.3, 0.4) is 0 Å². The maximum Gasteiger partial charge on any atom is 0.335 e. The maximum absolute atomic E-state index is 12.4. The summed E-state index contributed by atoms with van der Waals surface area (Å²) in [7, 11) is 0. The highest BCUT2D eigenvalue weighted by Gasteiger charge is 2.40. The molecule has 1 aliphatic rings. The number of fused-ring (bicyclic) bond motifs is 1. The smallest absolute Gasteiger partial charge is 0.335 e. The van der Waals surface area contributed by atoms with Crippen LogP contribution in [0.4, 0.5) is 0 Å². The Bertz CT molecular complexity index is 655. The van der Waals surface area contributed by atoms with E-state index >= 15 is 0 Å². The highest BCUT2D eigenvalue weighted by Crippen LogP contribution is 2.45. The van der Waals surface area contributed by atoms with Gasteiger partial charge in [0.25, 0.3) is 0 Å². The fraction of sp³-hybridized carbons (Fsp3) is 0.444. The lowest BCUT2D eigenvalue weighted by molar-refractivity contribution is -0.147. The molecule has 0 spiro atoms. The highest BCUT2D eigenvalue weighted by molar-refractivity contribution is 6.09. The van der Waals surface area contributed by atoms with Gasteiger partial charge in [-0.15, -0.1) is 0 Å². The first-order valence-corrected chi connectivity index (χ1v) is 7.58. The van der Waals surface area contributed by atoms with Gasteiger partial charge in [-0.05, 0) is 62.4 Å². The van der Waals surface area contributed by atoms with Gasteiger partial charge in [0.2, 0.25) is 0 Å². The van der Waals surface area contributed by atoms with E-state index < -0.39 is 17.9 Å². The molecule has 1 aromatic carbocycles. The van der Waals surface area contributed by atoms with Crippen molar-refractivity contribution in [2.45, 2.75) is 40.5 Å². The minimum atomic E-state index is -0.687. The van der Waals surface area contributed by atoms with E-state index in [1.165, 1.54) is 0 Å². The molecule has 4 nitrogen and oxygen atoms in total. The second-order valence-electron chi connectivity index (χ2n) is 5.42. The fourth-order valence-corrected chi connectivity index (χ4v) is 3.03. The number of hydrogen-bond acceptors (Lipinski definition) is 4. The summed E-state index contributed by atoms with van der Waals surface area (Å²) in [6, 6.07) is 3.89. The molecule has 0 radical (unpaired) electrons. The van der Waals surface area contributed by atoms with Crippen molar-refractivity contribution in [1.29, 1.82) is 0 Å². The molecular weight excluding hydrogens is 280 g/mol. The third kappa shape index (κ3) is 2.54. The molecule has 1 aliphatic carbocycles. The van der Waals surface area contributed by atoms with E-state index in [0.717, 1.165) is 27.8 Å². The minimum absolute atomic E-state index is 0.277. The first kappa shape index (κ1) is 16.3. The van der Waals surface area contributed by atoms with Gasteiger partial charge in [-0.25, -0.2) is 4.79 Å². The third-order valence-electron chi connectivity index (χ3n) is 4.16. The van der Waals surface area contributed by atoms with Crippen LogP contribution in [0.1, 0.15) is 48.9 Å². The van der Waals surface area contributed by atoms with Gasteiger partial charge in [0, 0.05) is 0 Å². The van der Waals surface area contributed by atoms with Gasteiger partial charge >= 0.3 is 11.9 Å². The van der Waals surface area contributed by atoms with Gasteiger partial charge in [0.05, 0.1) is 18.8 Å². The number of esters is 2. The van der Waals surface area contributed by atoms with Gasteiger partial charge in [-0.2, -0.15) is 0 Å². The Hall–Kier alpha value is -2.10. The normalized spacial score (nSPS) is 16.5. The maximum atomic E-state index is 12.4. The van der Waals surface area contributed by atoms with Crippen molar-refractivity contribution in [3.05, 3.63) is 40.0 Å². The van der Waals surface area contributed by atoms with Crippen LogP contribution < -0.4 is 0 Å². The second kappa shape index (κ2) is 6.34. The molecule has 0 bridgehead atoms. The Balaban J connectivity index is 2.63. The number of carbonyl (C=O) groups is 2. The lowest BCUT2D eigenvalue weighted by atomic mass is 9.92. The Morgan fingerprint density at radius 1 is 1.05 bits per heavy atom. The Morgan fingerprint density at radius 2 is 1.68 bits per heavy atom. The van der Waals surface area contributed by atoms with Crippen molar-refractivity contribution < 1.29 is 19.1 Å². The van der Waals surface area contributed by atoms with Gasteiger partial charge in [0.15, 0.2) is 0 Å². The Kier molecular flexibility index (Phi) is 4.69. The molecule has 2 rings (SSSR count). The van der Waals surface area contributed by atoms with Gasteiger partial charge < -0.3 is 9.47 Å². The van der Waals surface area contributed by atoms with Gasteiger partial charge in [-0.1, -0.05) is 12.1 Å². The molecule has 0 aromatic heterocycles. The SMILES string of the molecule is CCOC(=O)C1=C(C)c2c(ccc(C)c2C)C1C(=O)OCC. The van der Waals surface area contributed by atoms with Crippen LogP contribution in [0.15, 0.2) is 17.7 Å². The van der Waals surface area contributed by atoms with E-state index in [1.807, 2.05) is 32.9 Å². The molecule has 0 N–H and O–H groups in total. The topological polar surface area (TPSA) is 52.6 Å². The van der Waals surface area contributed by atoms with Crippen molar-refractivity contribution >= 4 is 17.5 Å². The monoisotopic (exact) mass is 302 g/mol. The molecular formula is C18H22O4. The Morgan fingerprint density at radius 3 is 2.27 bits per heavy atom. The summed E-state index contributed by atoms with van der Waals surface area (Å²) in [4.78, 5) is 24.8. The van der Waals surface area contributed by atoms with Crippen LogP contribution in [0.25, 0.3) is 5.57 Å². The summed E-state index contributed by atoms with van der Waals surface area (Å²) in [5.41, 5.74) is 5.24. The van der Waals surface area contributed by atoms with E-state index in [9.17, 15) is 9.59 Å². The first-order valence-electron chi connectivity index (χ1n) is 7.58. The summed E-state index contributed by atoms with van der Waals surface area (Å²) in [6.45, 7) is 9.97. The predicted molar refractivity (Wildman–Crippen MR) is 84.5 cm³/mol. The van der Waals surface area contributed by atoms with Crippen molar-refractivity contribution in [3.63, 3.8) is 0 Å². The molecule has 118 valence electrons. The van der Waals surface area contributed by atoms with Crippen LogP contribution in [0.5, 0.6) is 0 Å². The zero-order valence-electron chi connectivity index (χ0n) is 13.8. The quantitative estimate of drug-likeness (QED) is 0.801. The van der Waals surface area contributed by atoms with Gasteiger partial charge in [0.1, 0.15) is 5.92 Å². The van der Waals surface area contributed by atoms with Crippen LogP contribution >= 0.6 is 0 Å². The predicted octanol–water partition coefficient (Wildman–Crippen LogP) is 3.30. The minimum Gasteiger partial charge on any atom is -0.465 e. The van der Waals surface area contributed by atoms with E-state index in [1.54, 1.807) is 13.8 Å². The summed E-state index contributed by atoms with van der Waals surface area (Å²) < 4.78 is 10.3. The third-order valence-corrected chi connectivity index (χ3v) is 4.16. The van der Waals surface area contributed by atoms with Crippen molar-refractivity contribution in [2.24, 2.45) is 0 Å². The van der Waals surface area contributed by atoms with Crippen molar-refractivity contribution in [3.8, 4) is 0 Å². The molecule has 22 heavy (non-hydrogen) atoms.